The molecular formula is C9H20ClN3O3S. The number of carbonyl (C=O) groups is 1. The predicted molar refractivity (Wildman–Crippen MR) is 68.5 cm³/mol. The number of nitrogens with one attached hydrogen (secondary N) is 1. The highest BCUT2D eigenvalue weighted by Gasteiger charge is 2.26. The van der Waals surface area contributed by atoms with E-state index in [1.807, 2.05) is 0 Å². The summed E-state index contributed by atoms with van der Waals surface area (Å²) in [6.45, 7) is 0.937. The lowest BCUT2D eigenvalue weighted by molar-refractivity contribution is -0.133. The molecule has 0 aliphatic carbocycles. The summed E-state index contributed by atoms with van der Waals surface area (Å²) in [4.78, 5) is 13.2. The molecule has 0 aromatic rings. The Morgan fingerprint density at radius 1 is 1.47 bits per heavy atom. The molecule has 1 amide bonds. The van der Waals surface area contributed by atoms with E-state index < -0.39 is 10.0 Å². The molecule has 1 aliphatic rings. The van der Waals surface area contributed by atoms with E-state index in [9.17, 15) is 13.2 Å². The molecule has 0 bridgehead atoms. The smallest absolute Gasteiger partial charge is 0.236 e. The van der Waals surface area contributed by atoms with Gasteiger partial charge in [-0.05, 0) is 19.3 Å². The summed E-state index contributed by atoms with van der Waals surface area (Å²) < 4.78 is 24.4. The van der Waals surface area contributed by atoms with Gasteiger partial charge in [0.05, 0.1) is 12.8 Å². The molecule has 8 heteroatoms. The summed E-state index contributed by atoms with van der Waals surface area (Å²) >= 11 is 0. The van der Waals surface area contributed by atoms with Crippen LogP contribution in [0.4, 0.5) is 0 Å². The zero-order valence-electron chi connectivity index (χ0n) is 9.89. The third-order valence-corrected chi connectivity index (χ3v) is 3.39. The topological polar surface area (TPSA) is 92.5 Å². The Morgan fingerprint density at radius 3 is 2.65 bits per heavy atom. The van der Waals surface area contributed by atoms with Crippen LogP contribution >= 0.6 is 12.4 Å². The maximum Gasteiger partial charge on any atom is 0.236 e. The highest BCUT2D eigenvalue weighted by atomic mass is 35.5. The second-order valence-electron chi connectivity index (χ2n) is 4.06. The molecule has 6 nitrogen and oxygen atoms in total. The van der Waals surface area contributed by atoms with Crippen molar-refractivity contribution in [3.05, 3.63) is 0 Å². The highest BCUT2D eigenvalue weighted by Crippen LogP contribution is 2.16. The van der Waals surface area contributed by atoms with Crippen LogP contribution in [0.2, 0.25) is 0 Å². The van der Waals surface area contributed by atoms with Crippen molar-refractivity contribution in [3.63, 3.8) is 0 Å². The number of likely N-dealkylation sites (tertiary alicyclic amines) is 1. The number of nitrogens with zero attached hydrogens (tertiary/aromatic N) is 1. The van der Waals surface area contributed by atoms with Gasteiger partial charge in [-0.25, -0.2) is 13.1 Å². The molecule has 1 unspecified atom stereocenters. The number of sulfonamides is 1. The van der Waals surface area contributed by atoms with Gasteiger partial charge in [0.1, 0.15) is 0 Å². The van der Waals surface area contributed by atoms with Gasteiger partial charge < -0.3 is 10.6 Å². The first-order valence-electron chi connectivity index (χ1n) is 5.38. The van der Waals surface area contributed by atoms with Crippen molar-refractivity contribution < 1.29 is 13.2 Å². The van der Waals surface area contributed by atoms with E-state index >= 15 is 0 Å². The monoisotopic (exact) mass is 285 g/mol. The van der Waals surface area contributed by atoms with E-state index in [1.165, 1.54) is 0 Å². The molecule has 0 saturated carbocycles. The molecule has 1 aliphatic heterocycles. The van der Waals surface area contributed by atoms with Crippen molar-refractivity contribution in [1.82, 2.24) is 9.62 Å². The van der Waals surface area contributed by atoms with Gasteiger partial charge in [0.2, 0.25) is 15.9 Å². The Morgan fingerprint density at radius 2 is 2.12 bits per heavy atom. The summed E-state index contributed by atoms with van der Waals surface area (Å²) in [5, 5.41) is 0. The quantitative estimate of drug-likeness (QED) is 0.714. The molecule has 1 saturated heterocycles. The molecule has 1 rings (SSSR count). The van der Waals surface area contributed by atoms with Gasteiger partial charge in [0, 0.05) is 19.1 Å². The molecule has 1 heterocycles. The number of rotatable bonds is 4. The number of hydrogen-bond donors (Lipinski definition) is 2. The first kappa shape index (κ1) is 16.6. The molecule has 0 radical (unpaired) electrons. The molecule has 0 aromatic carbocycles. The number of nitrogens with two attached hydrogens (primary N) is 1. The highest BCUT2D eigenvalue weighted by molar-refractivity contribution is 7.88. The van der Waals surface area contributed by atoms with E-state index in [4.69, 9.17) is 5.73 Å². The van der Waals surface area contributed by atoms with Gasteiger partial charge in [-0.2, -0.15) is 0 Å². The van der Waals surface area contributed by atoms with Gasteiger partial charge in [-0.1, -0.05) is 0 Å². The number of piperidine rings is 1. The molecule has 1 fully saturated rings. The Labute approximate surface area is 108 Å². The van der Waals surface area contributed by atoms with E-state index in [1.54, 1.807) is 4.90 Å². The summed E-state index contributed by atoms with van der Waals surface area (Å²) in [5.74, 6) is -0.111. The number of halogens is 1. The number of amides is 1. The maximum atomic E-state index is 11.5. The molecule has 0 spiro atoms. The second-order valence-corrected chi connectivity index (χ2v) is 5.89. The van der Waals surface area contributed by atoms with Crippen molar-refractivity contribution in [2.45, 2.75) is 25.3 Å². The van der Waals surface area contributed by atoms with Crippen LogP contribution in [0.25, 0.3) is 0 Å². The normalized spacial score (nSPS) is 20.8. The standard InChI is InChI=1S/C9H19N3O3S.ClH/c1-16(14,15)11-7-8-4-2-3-5-12(8)9(13)6-10;/h8,11H,2-7,10H2,1H3;1H. The number of carbonyl (C=O) groups excluding carboxylic acids is 1. The van der Waals surface area contributed by atoms with Crippen LogP contribution in [0.3, 0.4) is 0 Å². The number of hydrogen-bond acceptors (Lipinski definition) is 4. The van der Waals surface area contributed by atoms with E-state index in [0.29, 0.717) is 6.54 Å². The largest absolute Gasteiger partial charge is 0.337 e. The van der Waals surface area contributed by atoms with Crippen molar-refractivity contribution in [2.75, 3.05) is 25.9 Å². The SMILES string of the molecule is CS(=O)(=O)NCC1CCCCN1C(=O)CN.Cl. The lowest BCUT2D eigenvalue weighted by atomic mass is 10.0. The van der Waals surface area contributed by atoms with Crippen LogP contribution in [-0.2, 0) is 14.8 Å². The van der Waals surface area contributed by atoms with Gasteiger partial charge in [-0.15, -0.1) is 12.4 Å². The average Bonchev–Trinajstić information content (AvgIpc) is 2.25. The van der Waals surface area contributed by atoms with Crippen LogP contribution in [0, 0.1) is 0 Å². The van der Waals surface area contributed by atoms with E-state index in [-0.39, 0.29) is 37.4 Å². The van der Waals surface area contributed by atoms with Crippen molar-refractivity contribution in [1.29, 1.82) is 0 Å². The van der Waals surface area contributed by atoms with E-state index in [0.717, 1.165) is 25.5 Å². The second kappa shape index (κ2) is 7.15. The van der Waals surface area contributed by atoms with Crippen LogP contribution < -0.4 is 10.5 Å². The lowest BCUT2D eigenvalue weighted by Gasteiger charge is -2.35. The van der Waals surface area contributed by atoms with Gasteiger partial charge in [0.25, 0.3) is 0 Å². The van der Waals surface area contributed by atoms with Crippen molar-refractivity contribution in [3.8, 4) is 0 Å². The van der Waals surface area contributed by atoms with Crippen LogP contribution in [-0.4, -0.2) is 51.2 Å². The molecular weight excluding hydrogens is 266 g/mol. The Balaban J connectivity index is 0.00000256. The minimum Gasteiger partial charge on any atom is -0.337 e. The lowest BCUT2D eigenvalue weighted by Crippen LogP contribution is -2.51. The fourth-order valence-electron chi connectivity index (χ4n) is 1.91. The average molecular weight is 286 g/mol. The van der Waals surface area contributed by atoms with Crippen molar-refractivity contribution in [2.24, 2.45) is 5.73 Å². The fraction of sp³-hybridized carbons (Fsp3) is 0.889. The molecule has 3 N–H and O–H groups in total. The predicted octanol–water partition coefficient (Wildman–Crippen LogP) is -0.703. The Kier molecular flexibility index (Phi) is 6.99. The zero-order valence-corrected chi connectivity index (χ0v) is 11.5. The summed E-state index contributed by atoms with van der Waals surface area (Å²) in [7, 11) is -3.20. The summed E-state index contributed by atoms with van der Waals surface area (Å²) in [6.07, 6.45) is 3.92. The van der Waals surface area contributed by atoms with E-state index in [2.05, 4.69) is 4.72 Å². The third-order valence-electron chi connectivity index (χ3n) is 2.70. The Hall–Kier alpha value is -0.370. The van der Waals surface area contributed by atoms with Gasteiger partial charge >= 0.3 is 0 Å². The molecule has 102 valence electrons. The fourth-order valence-corrected chi connectivity index (χ4v) is 2.40. The summed E-state index contributed by atoms with van der Waals surface area (Å²) in [5.41, 5.74) is 5.32. The zero-order chi connectivity index (χ0) is 12.2. The van der Waals surface area contributed by atoms with Crippen LogP contribution in [0.5, 0.6) is 0 Å². The van der Waals surface area contributed by atoms with Crippen LogP contribution in [0.1, 0.15) is 19.3 Å². The minimum atomic E-state index is -3.20. The van der Waals surface area contributed by atoms with Crippen LogP contribution in [0.15, 0.2) is 0 Å². The first-order chi connectivity index (χ1) is 7.44. The molecule has 0 aromatic heterocycles. The molecule has 1 atom stereocenters. The van der Waals surface area contributed by atoms with Gasteiger partial charge in [-0.3, -0.25) is 4.79 Å². The first-order valence-corrected chi connectivity index (χ1v) is 7.27. The summed E-state index contributed by atoms with van der Waals surface area (Å²) in [6, 6.07) is -0.0560. The third kappa shape index (κ3) is 5.67. The Bertz CT molecular complexity index is 347. The maximum absolute atomic E-state index is 11.5. The minimum absolute atomic E-state index is 0. The van der Waals surface area contributed by atoms with Crippen molar-refractivity contribution >= 4 is 28.3 Å². The molecule has 17 heavy (non-hydrogen) atoms. The van der Waals surface area contributed by atoms with Gasteiger partial charge in [0.15, 0.2) is 0 Å².